The number of carbonyl (C=O) groups excluding carboxylic acids is 1. The topological polar surface area (TPSA) is 63.4 Å². The number of fused-ring (bicyclic) bond motifs is 1. The van der Waals surface area contributed by atoms with E-state index in [1.165, 1.54) is 11.3 Å². The number of aromatic nitrogens is 4. The Morgan fingerprint density at radius 3 is 2.62 bits per heavy atom. The number of carbonyl (C=O) groups is 1. The maximum absolute atomic E-state index is 12.4. The van der Waals surface area contributed by atoms with E-state index in [0.29, 0.717) is 10.8 Å². The Bertz CT molecular complexity index is 788. The highest BCUT2D eigenvalue weighted by Gasteiger charge is 2.25. The highest BCUT2D eigenvalue weighted by atomic mass is 32.1. The highest BCUT2D eigenvalue weighted by molar-refractivity contribution is 7.19. The number of hydrogen-bond donors (Lipinski definition) is 0. The van der Waals surface area contributed by atoms with Crippen LogP contribution in [0.15, 0.2) is 30.3 Å². The van der Waals surface area contributed by atoms with Crippen molar-refractivity contribution in [3.8, 4) is 10.6 Å². The summed E-state index contributed by atoms with van der Waals surface area (Å²) in [5.41, 5.74) is 1.02. The molecule has 0 N–H and O–H groups in total. The van der Waals surface area contributed by atoms with Gasteiger partial charge in [-0.3, -0.25) is 4.79 Å². The summed E-state index contributed by atoms with van der Waals surface area (Å²) < 4.78 is 1.56. The van der Waals surface area contributed by atoms with Gasteiger partial charge in [0.25, 0.3) is 5.91 Å². The molecule has 3 heterocycles. The fourth-order valence-corrected chi connectivity index (χ4v) is 3.35. The molecule has 21 heavy (non-hydrogen) atoms. The van der Waals surface area contributed by atoms with Crippen LogP contribution in [-0.2, 0) is 0 Å². The van der Waals surface area contributed by atoms with Crippen LogP contribution in [0.25, 0.3) is 15.5 Å². The molecular weight excluding hydrogens is 286 g/mol. The molecule has 3 aromatic rings. The van der Waals surface area contributed by atoms with Crippen LogP contribution < -0.4 is 0 Å². The van der Waals surface area contributed by atoms with Gasteiger partial charge in [0, 0.05) is 18.7 Å². The van der Waals surface area contributed by atoms with Gasteiger partial charge in [0.05, 0.1) is 0 Å². The summed E-state index contributed by atoms with van der Waals surface area (Å²) in [6.45, 7) is 1.59. The van der Waals surface area contributed by atoms with Gasteiger partial charge in [-0.2, -0.15) is 9.61 Å². The van der Waals surface area contributed by atoms with Gasteiger partial charge in [-0.25, -0.2) is 0 Å². The van der Waals surface area contributed by atoms with Gasteiger partial charge in [-0.05, 0) is 12.8 Å². The number of likely N-dealkylation sites (tertiary alicyclic amines) is 1. The van der Waals surface area contributed by atoms with Gasteiger partial charge in [0.1, 0.15) is 5.01 Å². The third-order valence-corrected chi connectivity index (χ3v) is 4.54. The molecule has 1 saturated heterocycles. The van der Waals surface area contributed by atoms with Gasteiger partial charge in [-0.1, -0.05) is 41.7 Å². The summed E-state index contributed by atoms with van der Waals surface area (Å²) >= 11 is 1.44. The predicted octanol–water partition coefficient (Wildman–Crippen LogP) is 2.09. The maximum atomic E-state index is 12.4. The van der Waals surface area contributed by atoms with Crippen LogP contribution in [0.2, 0.25) is 0 Å². The Labute approximate surface area is 125 Å². The van der Waals surface area contributed by atoms with Crippen LogP contribution in [0.1, 0.15) is 23.5 Å². The molecule has 1 fully saturated rings. The first-order chi connectivity index (χ1) is 10.3. The van der Waals surface area contributed by atoms with Crippen molar-refractivity contribution in [3.63, 3.8) is 0 Å². The summed E-state index contributed by atoms with van der Waals surface area (Å²) in [6, 6.07) is 9.88. The molecule has 7 heteroatoms. The van der Waals surface area contributed by atoms with Crippen molar-refractivity contribution in [2.45, 2.75) is 12.8 Å². The molecule has 106 valence electrons. The van der Waals surface area contributed by atoms with Crippen LogP contribution in [0.4, 0.5) is 0 Å². The normalized spacial score (nSPS) is 15.0. The van der Waals surface area contributed by atoms with E-state index >= 15 is 0 Å². The van der Waals surface area contributed by atoms with Crippen molar-refractivity contribution in [1.82, 2.24) is 24.7 Å². The van der Waals surface area contributed by atoms with Crippen LogP contribution in [0, 0.1) is 0 Å². The molecule has 0 spiro atoms. The van der Waals surface area contributed by atoms with Crippen LogP contribution >= 0.6 is 11.3 Å². The Balaban J connectivity index is 1.74. The van der Waals surface area contributed by atoms with Crippen molar-refractivity contribution < 1.29 is 4.79 Å². The molecule has 1 aliphatic rings. The van der Waals surface area contributed by atoms with Gasteiger partial charge in [0.2, 0.25) is 10.8 Å². The third-order valence-electron chi connectivity index (χ3n) is 3.60. The summed E-state index contributed by atoms with van der Waals surface area (Å²) in [5, 5.41) is 13.4. The van der Waals surface area contributed by atoms with E-state index in [1.54, 1.807) is 4.52 Å². The van der Waals surface area contributed by atoms with Crippen molar-refractivity contribution in [1.29, 1.82) is 0 Å². The molecule has 0 aliphatic carbocycles. The average molecular weight is 299 g/mol. The SMILES string of the molecule is O=C(c1nnc2sc(-c3ccccc3)nn12)N1CCCC1. The highest BCUT2D eigenvalue weighted by Crippen LogP contribution is 2.25. The molecule has 0 unspecified atom stereocenters. The van der Waals surface area contributed by atoms with Crippen molar-refractivity contribution in [2.75, 3.05) is 13.1 Å². The molecule has 4 rings (SSSR count). The fourth-order valence-electron chi connectivity index (χ4n) is 2.51. The summed E-state index contributed by atoms with van der Waals surface area (Å²) in [7, 11) is 0. The minimum atomic E-state index is -0.0788. The van der Waals surface area contributed by atoms with Crippen molar-refractivity contribution >= 4 is 22.2 Å². The molecule has 0 atom stereocenters. The second-order valence-electron chi connectivity index (χ2n) is 4.99. The first-order valence-corrected chi connectivity index (χ1v) is 7.71. The first-order valence-electron chi connectivity index (χ1n) is 6.90. The zero-order chi connectivity index (χ0) is 14.2. The third kappa shape index (κ3) is 2.09. The van der Waals surface area contributed by atoms with E-state index in [0.717, 1.165) is 36.5 Å². The Morgan fingerprint density at radius 2 is 1.86 bits per heavy atom. The summed E-state index contributed by atoms with van der Waals surface area (Å²) in [6.07, 6.45) is 2.11. The largest absolute Gasteiger partial charge is 0.336 e. The van der Waals surface area contributed by atoms with Crippen LogP contribution in [0.5, 0.6) is 0 Å². The van der Waals surface area contributed by atoms with Crippen LogP contribution in [0.3, 0.4) is 0 Å². The molecular formula is C14H13N5OS. The molecule has 1 amide bonds. The Hall–Kier alpha value is -2.28. The Morgan fingerprint density at radius 1 is 1.10 bits per heavy atom. The fraction of sp³-hybridized carbons (Fsp3) is 0.286. The zero-order valence-electron chi connectivity index (χ0n) is 11.3. The standard InChI is InChI=1S/C14H13N5OS/c20-13(18-8-4-5-9-18)11-15-16-14-19(11)17-12(21-14)10-6-2-1-3-7-10/h1-3,6-7H,4-5,8-9H2. The van der Waals surface area contributed by atoms with Gasteiger partial charge < -0.3 is 4.90 Å². The molecule has 0 bridgehead atoms. The van der Waals surface area contributed by atoms with E-state index in [1.807, 2.05) is 35.2 Å². The van der Waals surface area contributed by atoms with E-state index in [2.05, 4.69) is 15.3 Å². The lowest BCUT2D eigenvalue weighted by atomic mass is 10.2. The first kappa shape index (κ1) is 12.5. The molecule has 1 aliphatic heterocycles. The molecule has 0 radical (unpaired) electrons. The minimum absolute atomic E-state index is 0.0788. The lowest BCUT2D eigenvalue weighted by molar-refractivity contribution is 0.0778. The smallest absolute Gasteiger partial charge is 0.293 e. The number of benzene rings is 1. The number of amides is 1. The second-order valence-corrected chi connectivity index (χ2v) is 5.95. The van der Waals surface area contributed by atoms with Crippen molar-refractivity contribution in [3.05, 3.63) is 36.2 Å². The van der Waals surface area contributed by atoms with Gasteiger partial charge >= 0.3 is 0 Å². The predicted molar refractivity (Wildman–Crippen MR) is 79.2 cm³/mol. The monoisotopic (exact) mass is 299 g/mol. The van der Waals surface area contributed by atoms with E-state index < -0.39 is 0 Å². The molecule has 1 aromatic carbocycles. The maximum Gasteiger partial charge on any atom is 0.293 e. The summed E-state index contributed by atoms with van der Waals surface area (Å²) in [5.74, 6) is 0.232. The van der Waals surface area contributed by atoms with Crippen LogP contribution in [-0.4, -0.2) is 43.7 Å². The lowest BCUT2D eigenvalue weighted by Crippen LogP contribution is -2.29. The van der Waals surface area contributed by atoms with E-state index in [-0.39, 0.29) is 5.91 Å². The van der Waals surface area contributed by atoms with E-state index in [4.69, 9.17) is 0 Å². The average Bonchev–Trinajstić information content (AvgIpc) is 3.24. The number of nitrogens with zero attached hydrogens (tertiary/aromatic N) is 5. The lowest BCUT2D eigenvalue weighted by Gasteiger charge is -2.12. The summed E-state index contributed by atoms with van der Waals surface area (Å²) in [4.78, 5) is 14.9. The second kappa shape index (κ2) is 4.92. The minimum Gasteiger partial charge on any atom is -0.336 e. The number of hydrogen-bond acceptors (Lipinski definition) is 5. The van der Waals surface area contributed by atoms with Gasteiger partial charge in [0.15, 0.2) is 0 Å². The molecule has 6 nitrogen and oxygen atoms in total. The zero-order valence-corrected chi connectivity index (χ0v) is 12.1. The van der Waals surface area contributed by atoms with Crippen molar-refractivity contribution in [2.24, 2.45) is 0 Å². The van der Waals surface area contributed by atoms with E-state index in [9.17, 15) is 4.79 Å². The quantitative estimate of drug-likeness (QED) is 0.727. The number of rotatable bonds is 2. The molecule has 0 saturated carbocycles. The van der Waals surface area contributed by atoms with Gasteiger partial charge in [-0.15, -0.1) is 10.2 Å². The molecule has 2 aromatic heterocycles. The Kier molecular flexibility index (Phi) is 2.92.